The number of methoxy groups -OCH3 is 1. The van der Waals surface area contributed by atoms with Gasteiger partial charge in [-0.2, -0.15) is 0 Å². The van der Waals surface area contributed by atoms with Crippen LogP contribution >= 0.6 is 0 Å². The zero-order valence-electron chi connectivity index (χ0n) is 11.7. The van der Waals surface area contributed by atoms with Crippen molar-refractivity contribution >= 4 is 23.3 Å². The number of hydrogen-bond donors (Lipinski definition) is 1. The zero-order valence-corrected chi connectivity index (χ0v) is 11.7. The summed E-state index contributed by atoms with van der Waals surface area (Å²) in [5, 5.41) is 2.79. The molecule has 1 N–H and O–H groups in total. The molecule has 0 aromatic heterocycles. The van der Waals surface area contributed by atoms with Crippen LogP contribution in [0.5, 0.6) is 5.75 Å². The van der Waals surface area contributed by atoms with Gasteiger partial charge < -0.3 is 10.1 Å². The van der Waals surface area contributed by atoms with Gasteiger partial charge in [-0.3, -0.25) is 19.3 Å². The lowest BCUT2D eigenvalue weighted by Crippen LogP contribution is -2.40. The molecular weight excluding hydrogens is 272 g/mol. The van der Waals surface area contributed by atoms with E-state index in [1.54, 1.807) is 12.1 Å². The van der Waals surface area contributed by atoms with Crippen molar-refractivity contribution in [1.29, 1.82) is 0 Å². The van der Waals surface area contributed by atoms with Gasteiger partial charge in [0, 0.05) is 6.54 Å². The normalized spacial score (nSPS) is 16.9. The third-order valence-corrected chi connectivity index (χ3v) is 3.77. The molecule has 1 aliphatic heterocycles. The summed E-state index contributed by atoms with van der Waals surface area (Å²) in [6.07, 6.45) is 2.29. The van der Waals surface area contributed by atoms with Crippen molar-refractivity contribution in [2.45, 2.75) is 12.8 Å². The molecule has 1 aromatic rings. The van der Waals surface area contributed by atoms with Crippen LogP contribution in [0.25, 0.3) is 0 Å². The number of benzene rings is 1. The summed E-state index contributed by atoms with van der Waals surface area (Å²) < 4.78 is 5.05. The second-order valence-corrected chi connectivity index (χ2v) is 5.35. The molecule has 1 saturated carbocycles. The third kappa shape index (κ3) is 2.61. The molecule has 6 heteroatoms. The molecule has 0 radical (unpaired) electrons. The molecule has 2 amide bonds. The Morgan fingerprint density at radius 1 is 1.38 bits per heavy atom. The van der Waals surface area contributed by atoms with Gasteiger partial charge in [0.1, 0.15) is 12.3 Å². The van der Waals surface area contributed by atoms with E-state index in [1.807, 2.05) is 0 Å². The van der Waals surface area contributed by atoms with E-state index in [0.29, 0.717) is 23.9 Å². The Labute approximate surface area is 122 Å². The van der Waals surface area contributed by atoms with E-state index in [9.17, 15) is 14.4 Å². The van der Waals surface area contributed by atoms with E-state index in [-0.39, 0.29) is 18.0 Å². The number of amides is 2. The lowest BCUT2D eigenvalue weighted by atomic mass is 10.1. The van der Waals surface area contributed by atoms with Crippen molar-refractivity contribution in [2.24, 2.45) is 5.92 Å². The summed E-state index contributed by atoms with van der Waals surface area (Å²) in [6.45, 7) is 0.515. The first-order chi connectivity index (χ1) is 10.1. The summed E-state index contributed by atoms with van der Waals surface area (Å²) in [7, 11) is 1.49. The Morgan fingerprint density at radius 2 is 2.14 bits per heavy atom. The average Bonchev–Trinajstić information content (AvgIpc) is 3.29. The van der Waals surface area contributed by atoms with Gasteiger partial charge in [0.25, 0.3) is 11.7 Å². The number of carbonyl (C=O) groups excluding carboxylic acids is 3. The molecule has 6 nitrogen and oxygen atoms in total. The van der Waals surface area contributed by atoms with E-state index in [1.165, 1.54) is 18.1 Å². The first-order valence-electron chi connectivity index (χ1n) is 6.91. The highest BCUT2D eigenvalue weighted by Gasteiger charge is 2.37. The molecule has 2 aliphatic rings. The smallest absolute Gasteiger partial charge is 0.299 e. The van der Waals surface area contributed by atoms with E-state index in [2.05, 4.69) is 5.32 Å². The van der Waals surface area contributed by atoms with Gasteiger partial charge in [-0.25, -0.2) is 0 Å². The van der Waals surface area contributed by atoms with Crippen LogP contribution in [0.4, 0.5) is 5.69 Å². The summed E-state index contributed by atoms with van der Waals surface area (Å²) in [5.74, 6) is -0.429. The Morgan fingerprint density at radius 3 is 2.81 bits per heavy atom. The highest BCUT2D eigenvalue weighted by atomic mass is 16.5. The summed E-state index contributed by atoms with van der Waals surface area (Å²) in [6, 6.07) is 4.82. The van der Waals surface area contributed by atoms with Gasteiger partial charge in [0.15, 0.2) is 0 Å². The number of anilines is 1. The second kappa shape index (κ2) is 5.20. The van der Waals surface area contributed by atoms with Crippen molar-refractivity contribution in [3.05, 3.63) is 23.8 Å². The number of carbonyl (C=O) groups is 3. The first-order valence-corrected chi connectivity index (χ1v) is 6.91. The number of rotatable bonds is 5. The van der Waals surface area contributed by atoms with Crippen LogP contribution in [0.2, 0.25) is 0 Å². The van der Waals surface area contributed by atoms with Crippen molar-refractivity contribution in [2.75, 3.05) is 25.1 Å². The number of ketones is 1. The lowest BCUT2D eigenvalue weighted by molar-refractivity contribution is -0.122. The third-order valence-electron chi connectivity index (χ3n) is 3.77. The Balaban J connectivity index is 1.75. The second-order valence-electron chi connectivity index (χ2n) is 5.35. The summed E-state index contributed by atoms with van der Waals surface area (Å²) >= 11 is 0. The number of nitrogens with zero attached hydrogens (tertiary/aromatic N) is 1. The highest BCUT2D eigenvalue weighted by molar-refractivity contribution is 6.52. The van der Waals surface area contributed by atoms with Gasteiger partial charge in [0.2, 0.25) is 5.91 Å². The number of Topliss-reactive ketones (excluding diaryl/α,β-unsaturated/α-hetero) is 1. The number of ether oxygens (including phenoxy) is 1. The first kappa shape index (κ1) is 13.6. The van der Waals surface area contributed by atoms with Crippen molar-refractivity contribution in [3.63, 3.8) is 0 Å². The maximum atomic E-state index is 12.0. The Hall–Kier alpha value is -2.37. The van der Waals surface area contributed by atoms with Crippen LogP contribution in [0.1, 0.15) is 23.2 Å². The van der Waals surface area contributed by atoms with E-state index in [4.69, 9.17) is 4.74 Å². The molecule has 1 aromatic carbocycles. The molecule has 0 saturated heterocycles. The minimum Gasteiger partial charge on any atom is -0.497 e. The van der Waals surface area contributed by atoms with Gasteiger partial charge in [-0.1, -0.05) is 0 Å². The van der Waals surface area contributed by atoms with Crippen molar-refractivity contribution < 1.29 is 19.1 Å². The Kier molecular flexibility index (Phi) is 3.37. The van der Waals surface area contributed by atoms with Crippen LogP contribution in [0.15, 0.2) is 18.2 Å². The summed E-state index contributed by atoms with van der Waals surface area (Å²) in [5.41, 5.74) is 0.752. The molecule has 1 fully saturated rings. The molecular formula is C15H16N2O4. The van der Waals surface area contributed by atoms with E-state index >= 15 is 0 Å². The quantitative estimate of drug-likeness (QED) is 0.811. The van der Waals surface area contributed by atoms with Crippen LogP contribution < -0.4 is 15.0 Å². The lowest BCUT2D eigenvalue weighted by Gasteiger charge is -2.16. The molecule has 21 heavy (non-hydrogen) atoms. The minimum atomic E-state index is -0.667. The Bertz CT molecular complexity index is 622. The van der Waals surface area contributed by atoms with Gasteiger partial charge in [-0.05, 0) is 37.0 Å². The predicted octanol–water partition coefficient (Wildman–Crippen LogP) is 0.751. The average molecular weight is 288 g/mol. The minimum absolute atomic E-state index is 0.128. The van der Waals surface area contributed by atoms with Crippen molar-refractivity contribution in [1.82, 2.24) is 5.32 Å². The molecule has 0 unspecified atom stereocenters. The fraction of sp³-hybridized carbons (Fsp3) is 0.400. The van der Waals surface area contributed by atoms with Crippen LogP contribution in [-0.2, 0) is 9.59 Å². The number of hydrogen-bond acceptors (Lipinski definition) is 4. The van der Waals surface area contributed by atoms with Crippen LogP contribution in [-0.4, -0.2) is 37.8 Å². The highest BCUT2D eigenvalue weighted by Crippen LogP contribution is 2.32. The van der Waals surface area contributed by atoms with Gasteiger partial charge in [0.05, 0.1) is 18.4 Å². The van der Waals surface area contributed by atoms with Gasteiger partial charge >= 0.3 is 0 Å². The monoisotopic (exact) mass is 288 g/mol. The van der Waals surface area contributed by atoms with Crippen LogP contribution in [0.3, 0.4) is 0 Å². The maximum Gasteiger partial charge on any atom is 0.299 e. The zero-order chi connectivity index (χ0) is 15.0. The molecule has 0 spiro atoms. The number of fused-ring (bicyclic) bond motifs is 1. The largest absolute Gasteiger partial charge is 0.497 e. The summed E-state index contributed by atoms with van der Waals surface area (Å²) in [4.78, 5) is 37.1. The molecule has 110 valence electrons. The number of nitrogens with one attached hydrogen (secondary N) is 1. The SMILES string of the molecule is COc1ccc2c(c1)C(=O)C(=O)N2CC(=O)NCC1CC1. The van der Waals surface area contributed by atoms with Crippen LogP contribution in [0, 0.1) is 5.92 Å². The molecule has 1 aliphatic carbocycles. The molecule has 0 atom stereocenters. The van der Waals surface area contributed by atoms with E-state index < -0.39 is 11.7 Å². The fourth-order valence-corrected chi connectivity index (χ4v) is 2.34. The predicted molar refractivity (Wildman–Crippen MR) is 75.4 cm³/mol. The molecule has 3 rings (SSSR count). The molecule has 1 heterocycles. The topological polar surface area (TPSA) is 75.7 Å². The molecule has 0 bridgehead atoms. The maximum absolute atomic E-state index is 12.0. The van der Waals surface area contributed by atoms with E-state index in [0.717, 1.165) is 12.8 Å². The van der Waals surface area contributed by atoms with Gasteiger partial charge in [-0.15, -0.1) is 0 Å². The van der Waals surface area contributed by atoms with Crippen molar-refractivity contribution in [3.8, 4) is 5.75 Å². The standard InChI is InChI=1S/C15H16N2O4/c1-21-10-4-5-12-11(6-10)14(19)15(20)17(12)8-13(18)16-7-9-2-3-9/h4-6,9H,2-3,7-8H2,1H3,(H,16,18). The fourth-order valence-electron chi connectivity index (χ4n) is 2.34.